The van der Waals surface area contributed by atoms with Crippen molar-refractivity contribution in [2.24, 2.45) is 0 Å². The van der Waals surface area contributed by atoms with Gasteiger partial charge in [-0.25, -0.2) is 0 Å². The highest BCUT2D eigenvalue weighted by Crippen LogP contribution is 2.39. The van der Waals surface area contributed by atoms with E-state index in [0.717, 1.165) is 33.2 Å². The smallest absolute Gasteiger partial charge is 0.182 e. The molecule has 2 aliphatic rings. The van der Waals surface area contributed by atoms with Crippen molar-refractivity contribution in [3.05, 3.63) is 82.5 Å². The van der Waals surface area contributed by atoms with E-state index in [-0.39, 0.29) is 5.43 Å². The number of aryl methyl sites for hydroxylation is 1. The molecule has 2 aromatic rings. The first-order valence-electron chi connectivity index (χ1n) is 9.25. The Morgan fingerprint density at radius 3 is 2.15 bits per heavy atom. The molecule has 2 heteroatoms. The van der Waals surface area contributed by atoms with E-state index in [1.54, 1.807) is 12.1 Å². The number of fused-ring (bicyclic) bond motifs is 2. The van der Waals surface area contributed by atoms with Gasteiger partial charge in [0.05, 0.1) is 0 Å². The molecule has 0 radical (unpaired) electrons. The van der Waals surface area contributed by atoms with Gasteiger partial charge >= 0.3 is 0 Å². The molecule has 1 aliphatic carbocycles. The van der Waals surface area contributed by atoms with Crippen molar-refractivity contribution in [1.82, 2.24) is 0 Å². The first-order chi connectivity index (χ1) is 12.7. The van der Waals surface area contributed by atoms with Crippen molar-refractivity contribution in [3.63, 3.8) is 0 Å². The lowest BCUT2D eigenvalue weighted by Gasteiger charge is -2.15. The van der Waals surface area contributed by atoms with E-state index in [1.165, 1.54) is 0 Å². The molecule has 0 bridgehead atoms. The Balaban J connectivity index is 0.000000570. The van der Waals surface area contributed by atoms with Crippen LogP contribution in [0.1, 0.15) is 33.3 Å². The van der Waals surface area contributed by atoms with Crippen LogP contribution in [0.25, 0.3) is 33.4 Å². The third-order valence-corrected chi connectivity index (χ3v) is 3.91. The van der Waals surface area contributed by atoms with Crippen LogP contribution in [-0.4, -0.2) is 0 Å². The molecular weight excluding hydrogens is 320 g/mol. The lowest BCUT2D eigenvalue weighted by Crippen LogP contribution is -1.99. The molecule has 0 atom stereocenters. The lowest BCUT2D eigenvalue weighted by atomic mass is 9.93. The van der Waals surface area contributed by atoms with E-state index >= 15 is 0 Å². The van der Waals surface area contributed by atoms with Crippen LogP contribution >= 0.6 is 0 Å². The predicted octanol–water partition coefficient (Wildman–Crippen LogP) is 6.93. The fraction of sp³-hybridized carbons (Fsp3) is 0.208. The van der Waals surface area contributed by atoms with Crippen molar-refractivity contribution < 1.29 is 4.42 Å². The second kappa shape index (κ2) is 9.00. The molecule has 0 spiro atoms. The molecule has 134 valence electrons. The summed E-state index contributed by atoms with van der Waals surface area (Å²) in [4.78, 5) is 11.7. The van der Waals surface area contributed by atoms with Gasteiger partial charge in [-0.1, -0.05) is 70.2 Å². The lowest BCUT2D eigenvalue weighted by molar-refractivity contribution is 0.619. The Hall–Kier alpha value is -2.87. The van der Waals surface area contributed by atoms with Gasteiger partial charge in [0, 0.05) is 22.6 Å². The van der Waals surface area contributed by atoms with Gasteiger partial charge in [0.25, 0.3) is 0 Å². The average Bonchev–Trinajstić information content (AvgIpc) is 2.69. The maximum Gasteiger partial charge on any atom is 0.182 e. The van der Waals surface area contributed by atoms with Crippen molar-refractivity contribution in [1.29, 1.82) is 0 Å². The van der Waals surface area contributed by atoms with Gasteiger partial charge in [0.1, 0.15) is 11.3 Å². The maximum absolute atomic E-state index is 11.7. The minimum absolute atomic E-state index is 0.0396. The van der Waals surface area contributed by atoms with Crippen LogP contribution < -0.4 is 5.43 Å². The molecule has 2 aromatic carbocycles. The molecule has 0 amide bonds. The van der Waals surface area contributed by atoms with Gasteiger partial charge in [-0.05, 0) is 36.2 Å². The third kappa shape index (κ3) is 3.85. The molecule has 0 N–H and O–H groups in total. The summed E-state index contributed by atoms with van der Waals surface area (Å²) in [5.41, 5.74) is 5.09. The normalized spacial score (nSPS) is 9.88. The quantitative estimate of drug-likeness (QED) is 0.350. The Labute approximate surface area is 155 Å². The zero-order chi connectivity index (χ0) is 19.1. The minimum atomic E-state index is -0.0396. The van der Waals surface area contributed by atoms with Crippen LogP contribution in [0, 0.1) is 6.92 Å². The highest BCUT2D eigenvalue weighted by atomic mass is 16.3. The summed E-state index contributed by atoms with van der Waals surface area (Å²) in [6.07, 6.45) is 0. The van der Waals surface area contributed by atoms with Gasteiger partial charge in [-0.3, -0.25) is 4.79 Å². The van der Waals surface area contributed by atoms with Gasteiger partial charge in [0.2, 0.25) is 0 Å². The van der Waals surface area contributed by atoms with E-state index in [0.29, 0.717) is 5.76 Å². The molecule has 0 aromatic heterocycles. The molecule has 4 rings (SSSR count). The fourth-order valence-electron chi connectivity index (χ4n) is 2.89. The molecule has 0 fully saturated rings. The summed E-state index contributed by atoms with van der Waals surface area (Å²) in [7, 11) is 0. The number of rotatable bonds is 1. The molecule has 1 aliphatic heterocycles. The monoisotopic (exact) mass is 346 g/mol. The van der Waals surface area contributed by atoms with Crippen LogP contribution in [0.4, 0.5) is 0 Å². The van der Waals surface area contributed by atoms with Crippen molar-refractivity contribution >= 4 is 11.0 Å². The second-order valence-electron chi connectivity index (χ2n) is 5.50. The zero-order valence-electron chi connectivity index (χ0n) is 16.2. The topological polar surface area (TPSA) is 30.2 Å². The summed E-state index contributed by atoms with van der Waals surface area (Å²) < 4.78 is 5.97. The second-order valence-corrected chi connectivity index (χ2v) is 5.50. The molecule has 0 saturated carbocycles. The average molecular weight is 346 g/mol. The largest absolute Gasteiger partial charge is 0.456 e. The summed E-state index contributed by atoms with van der Waals surface area (Å²) in [5.74, 6) is 0.629. The Morgan fingerprint density at radius 1 is 0.769 bits per heavy atom. The van der Waals surface area contributed by atoms with E-state index in [2.05, 4.69) is 24.3 Å². The van der Waals surface area contributed by atoms with Gasteiger partial charge in [0.15, 0.2) is 5.43 Å². The SMILES string of the molecule is CC.CC.Cc1ccc2c(-c3ccccc3)c3ccc(=O)cc-3oc2c1. The predicted molar refractivity (Wildman–Crippen MR) is 112 cm³/mol. The summed E-state index contributed by atoms with van der Waals surface area (Å²) >= 11 is 0. The third-order valence-electron chi connectivity index (χ3n) is 3.91. The van der Waals surface area contributed by atoms with Gasteiger partial charge < -0.3 is 4.42 Å². The number of hydrogen-bond donors (Lipinski definition) is 0. The van der Waals surface area contributed by atoms with Crippen LogP contribution in [0.5, 0.6) is 0 Å². The highest BCUT2D eigenvalue weighted by molar-refractivity contribution is 6.01. The van der Waals surface area contributed by atoms with Crippen LogP contribution in [0.2, 0.25) is 0 Å². The van der Waals surface area contributed by atoms with Gasteiger partial charge in [-0.2, -0.15) is 0 Å². The Kier molecular flexibility index (Phi) is 6.74. The van der Waals surface area contributed by atoms with E-state index in [1.807, 2.05) is 65.0 Å². The zero-order valence-corrected chi connectivity index (χ0v) is 16.2. The van der Waals surface area contributed by atoms with Crippen LogP contribution in [0.15, 0.2) is 75.9 Å². The number of benzene rings is 3. The fourth-order valence-corrected chi connectivity index (χ4v) is 2.89. The number of hydrogen-bond acceptors (Lipinski definition) is 2. The Morgan fingerprint density at radius 2 is 1.46 bits per heavy atom. The summed E-state index contributed by atoms with van der Waals surface area (Å²) in [6, 6.07) is 21.4. The van der Waals surface area contributed by atoms with Crippen LogP contribution in [-0.2, 0) is 0 Å². The minimum Gasteiger partial charge on any atom is -0.456 e. The molecule has 26 heavy (non-hydrogen) atoms. The van der Waals surface area contributed by atoms with Crippen molar-refractivity contribution in [2.75, 3.05) is 0 Å². The highest BCUT2D eigenvalue weighted by Gasteiger charge is 2.16. The molecule has 1 heterocycles. The standard InChI is InChI=1S/C20H14O2.2C2H6/c1-13-7-9-16-18(11-13)22-19-12-15(21)8-10-17(19)20(16)14-5-3-2-4-6-14;2*1-2/h2-12H,1H3;2*1-2H3. The van der Waals surface area contributed by atoms with E-state index < -0.39 is 0 Å². The molecule has 2 nitrogen and oxygen atoms in total. The molecule has 0 saturated heterocycles. The van der Waals surface area contributed by atoms with Gasteiger partial charge in [-0.15, -0.1) is 0 Å². The van der Waals surface area contributed by atoms with Crippen molar-refractivity contribution in [2.45, 2.75) is 34.6 Å². The molecule has 0 unspecified atom stereocenters. The first-order valence-corrected chi connectivity index (χ1v) is 9.25. The summed E-state index contributed by atoms with van der Waals surface area (Å²) in [5, 5.41) is 1.06. The first kappa shape index (κ1) is 19.5. The summed E-state index contributed by atoms with van der Waals surface area (Å²) in [6.45, 7) is 10.0. The Bertz CT molecular complexity index is 998. The van der Waals surface area contributed by atoms with E-state index in [9.17, 15) is 4.79 Å². The van der Waals surface area contributed by atoms with Crippen LogP contribution in [0.3, 0.4) is 0 Å². The van der Waals surface area contributed by atoms with E-state index in [4.69, 9.17) is 4.42 Å². The van der Waals surface area contributed by atoms with Crippen molar-refractivity contribution in [3.8, 4) is 22.5 Å². The maximum atomic E-state index is 11.7. The molecular formula is C24H26O2.